The van der Waals surface area contributed by atoms with Gasteiger partial charge in [0, 0.05) is 35.9 Å². The Hall–Kier alpha value is -1.67. The van der Waals surface area contributed by atoms with E-state index < -0.39 is 18.0 Å². The van der Waals surface area contributed by atoms with Gasteiger partial charge in [0.05, 0.1) is 6.20 Å². The summed E-state index contributed by atoms with van der Waals surface area (Å²) in [7, 11) is 3.39. The second-order valence-corrected chi connectivity index (χ2v) is 5.47. The van der Waals surface area contributed by atoms with Crippen molar-refractivity contribution >= 4 is 29.9 Å². The number of carbonyl (C=O) groups excluding carboxylic acids is 1. The number of nitrogens with zero attached hydrogens (tertiary/aromatic N) is 2. The van der Waals surface area contributed by atoms with Crippen LogP contribution in [0.3, 0.4) is 0 Å². The standard InChI is InChI=1S/C15H18ClFN4O2.ClH/c1-18-14(9-6-20-21(2)8-9)15(23)19-7-12(22)13-10(16)4-3-5-11(13)17;/h3-6,8,12,14,18,22H,7H2,1-2H3,(H,19,23);1H. The van der Waals surface area contributed by atoms with E-state index in [1.807, 2.05) is 0 Å². The van der Waals surface area contributed by atoms with Crippen molar-refractivity contribution in [2.24, 2.45) is 7.05 Å². The lowest BCUT2D eigenvalue weighted by molar-refractivity contribution is -0.123. The summed E-state index contributed by atoms with van der Waals surface area (Å²) >= 11 is 5.89. The Balaban J connectivity index is 0.00000288. The number of rotatable bonds is 6. The summed E-state index contributed by atoms with van der Waals surface area (Å²) in [6.07, 6.45) is 2.05. The monoisotopic (exact) mass is 376 g/mol. The molecule has 1 amide bonds. The van der Waals surface area contributed by atoms with Crippen LogP contribution in [-0.2, 0) is 11.8 Å². The third kappa shape index (κ3) is 4.67. The number of hydrogen-bond acceptors (Lipinski definition) is 4. The molecule has 132 valence electrons. The molecule has 3 N–H and O–H groups in total. The van der Waals surface area contributed by atoms with E-state index in [0.29, 0.717) is 5.56 Å². The molecule has 0 bridgehead atoms. The van der Waals surface area contributed by atoms with E-state index in [9.17, 15) is 14.3 Å². The number of aromatic nitrogens is 2. The Labute approximate surface area is 150 Å². The molecule has 0 saturated carbocycles. The van der Waals surface area contributed by atoms with Crippen LogP contribution in [-0.4, -0.2) is 34.4 Å². The molecule has 1 heterocycles. The highest BCUT2D eigenvalue weighted by atomic mass is 35.5. The van der Waals surface area contributed by atoms with Gasteiger partial charge in [-0.3, -0.25) is 9.48 Å². The maximum atomic E-state index is 13.7. The fourth-order valence-electron chi connectivity index (χ4n) is 2.27. The van der Waals surface area contributed by atoms with Gasteiger partial charge in [-0.1, -0.05) is 17.7 Å². The highest BCUT2D eigenvalue weighted by Crippen LogP contribution is 2.25. The van der Waals surface area contributed by atoms with Gasteiger partial charge >= 0.3 is 0 Å². The van der Waals surface area contributed by atoms with Gasteiger partial charge in [0.1, 0.15) is 18.0 Å². The number of aliphatic hydroxyl groups excluding tert-OH is 1. The number of aryl methyl sites for hydroxylation is 1. The van der Waals surface area contributed by atoms with Crippen LogP contribution < -0.4 is 10.6 Å². The van der Waals surface area contributed by atoms with Crippen LogP contribution in [0.4, 0.5) is 4.39 Å². The molecule has 0 spiro atoms. The Morgan fingerprint density at radius 1 is 1.50 bits per heavy atom. The molecule has 2 rings (SSSR count). The van der Waals surface area contributed by atoms with Crippen LogP contribution in [0.15, 0.2) is 30.6 Å². The van der Waals surface area contributed by atoms with Crippen molar-refractivity contribution in [1.29, 1.82) is 0 Å². The van der Waals surface area contributed by atoms with E-state index >= 15 is 0 Å². The number of halogens is 3. The van der Waals surface area contributed by atoms with Crippen molar-refractivity contribution < 1.29 is 14.3 Å². The summed E-state index contributed by atoms with van der Waals surface area (Å²) in [5, 5.41) is 19.7. The van der Waals surface area contributed by atoms with E-state index in [4.69, 9.17) is 11.6 Å². The Morgan fingerprint density at radius 3 is 2.75 bits per heavy atom. The summed E-state index contributed by atoms with van der Waals surface area (Å²) in [5.41, 5.74) is 0.655. The van der Waals surface area contributed by atoms with Gasteiger partial charge in [-0.25, -0.2) is 4.39 Å². The molecular formula is C15H19Cl2FN4O2. The van der Waals surface area contributed by atoms with Crippen molar-refractivity contribution in [1.82, 2.24) is 20.4 Å². The number of aliphatic hydroxyl groups is 1. The lowest BCUT2D eigenvalue weighted by Gasteiger charge is -2.18. The largest absolute Gasteiger partial charge is 0.386 e. The molecule has 2 aromatic rings. The maximum absolute atomic E-state index is 13.7. The SMILES string of the molecule is CNC(C(=O)NCC(O)c1c(F)cccc1Cl)c1cnn(C)c1.Cl. The number of amides is 1. The first-order valence-electron chi connectivity index (χ1n) is 6.99. The minimum Gasteiger partial charge on any atom is -0.386 e. The van der Waals surface area contributed by atoms with Crippen molar-refractivity contribution in [2.75, 3.05) is 13.6 Å². The van der Waals surface area contributed by atoms with Crippen LogP contribution in [0.25, 0.3) is 0 Å². The van der Waals surface area contributed by atoms with Crippen LogP contribution >= 0.6 is 24.0 Å². The number of nitrogens with one attached hydrogen (secondary N) is 2. The predicted molar refractivity (Wildman–Crippen MR) is 91.6 cm³/mol. The van der Waals surface area contributed by atoms with Crippen molar-refractivity contribution in [3.8, 4) is 0 Å². The third-order valence-corrected chi connectivity index (χ3v) is 3.74. The lowest BCUT2D eigenvalue weighted by atomic mass is 10.1. The minimum atomic E-state index is -1.24. The van der Waals surface area contributed by atoms with Crippen LogP contribution in [0.2, 0.25) is 5.02 Å². The van der Waals surface area contributed by atoms with Crippen LogP contribution in [0.1, 0.15) is 23.3 Å². The number of benzene rings is 1. The van der Waals surface area contributed by atoms with E-state index in [1.54, 1.807) is 31.2 Å². The maximum Gasteiger partial charge on any atom is 0.241 e. The first-order chi connectivity index (χ1) is 10.9. The Kier molecular flexibility index (Phi) is 7.62. The van der Waals surface area contributed by atoms with Gasteiger partial charge in [-0.2, -0.15) is 5.10 Å². The number of likely N-dealkylation sites (N-methyl/N-ethyl adjacent to an activating group) is 1. The quantitative estimate of drug-likeness (QED) is 0.717. The van der Waals surface area contributed by atoms with E-state index in [0.717, 1.165) is 0 Å². The fraction of sp³-hybridized carbons (Fsp3) is 0.333. The van der Waals surface area contributed by atoms with E-state index in [2.05, 4.69) is 15.7 Å². The molecule has 24 heavy (non-hydrogen) atoms. The Bertz CT molecular complexity index is 676. The van der Waals surface area contributed by atoms with E-state index in [-0.39, 0.29) is 35.4 Å². The van der Waals surface area contributed by atoms with Crippen molar-refractivity contribution in [3.63, 3.8) is 0 Å². The normalized spacial score (nSPS) is 13.0. The third-order valence-electron chi connectivity index (χ3n) is 3.41. The van der Waals surface area contributed by atoms with Crippen LogP contribution in [0, 0.1) is 5.82 Å². The van der Waals surface area contributed by atoms with E-state index in [1.165, 1.54) is 18.2 Å². The molecular weight excluding hydrogens is 358 g/mol. The van der Waals surface area contributed by atoms with Crippen LogP contribution in [0.5, 0.6) is 0 Å². The molecule has 0 aliphatic rings. The predicted octanol–water partition coefficient (Wildman–Crippen LogP) is 1.74. The summed E-state index contributed by atoms with van der Waals surface area (Å²) in [6, 6.07) is 3.52. The van der Waals surface area contributed by atoms with Gasteiger partial charge in [0.15, 0.2) is 0 Å². The number of carbonyl (C=O) groups is 1. The topological polar surface area (TPSA) is 79.2 Å². The average Bonchev–Trinajstić information content (AvgIpc) is 2.92. The molecule has 0 aliphatic carbocycles. The zero-order valence-corrected chi connectivity index (χ0v) is 14.7. The second-order valence-electron chi connectivity index (χ2n) is 5.07. The van der Waals surface area contributed by atoms with Gasteiger partial charge < -0.3 is 15.7 Å². The van der Waals surface area contributed by atoms with Crippen molar-refractivity contribution in [3.05, 3.63) is 52.6 Å². The highest BCUT2D eigenvalue weighted by Gasteiger charge is 2.22. The lowest BCUT2D eigenvalue weighted by Crippen LogP contribution is -2.38. The smallest absolute Gasteiger partial charge is 0.241 e. The summed E-state index contributed by atoms with van der Waals surface area (Å²) in [5.74, 6) is -0.969. The average molecular weight is 377 g/mol. The number of hydrogen-bond donors (Lipinski definition) is 3. The summed E-state index contributed by atoms with van der Waals surface area (Å²) in [4.78, 5) is 12.2. The Morgan fingerprint density at radius 2 is 2.21 bits per heavy atom. The molecule has 0 fully saturated rings. The van der Waals surface area contributed by atoms with Gasteiger partial charge in [0.2, 0.25) is 5.91 Å². The molecule has 1 aromatic carbocycles. The fourth-order valence-corrected chi connectivity index (χ4v) is 2.56. The highest BCUT2D eigenvalue weighted by molar-refractivity contribution is 6.31. The molecule has 0 saturated heterocycles. The molecule has 2 atom stereocenters. The first-order valence-corrected chi connectivity index (χ1v) is 7.37. The van der Waals surface area contributed by atoms with Gasteiger partial charge in [-0.15, -0.1) is 12.4 Å². The second kappa shape index (κ2) is 8.98. The van der Waals surface area contributed by atoms with Gasteiger partial charge in [0.25, 0.3) is 0 Å². The van der Waals surface area contributed by atoms with Gasteiger partial charge in [-0.05, 0) is 19.2 Å². The molecule has 6 nitrogen and oxygen atoms in total. The van der Waals surface area contributed by atoms with Crippen molar-refractivity contribution in [2.45, 2.75) is 12.1 Å². The molecule has 1 aromatic heterocycles. The summed E-state index contributed by atoms with van der Waals surface area (Å²) in [6.45, 7) is -0.155. The summed E-state index contributed by atoms with van der Waals surface area (Å²) < 4.78 is 15.3. The molecule has 0 aliphatic heterocycles. The molecule has 2 unspecified atom stereocenters. The molecule has 9 heteroatoms. The zero-order valence-electron chi connectivity index (χ0n) is 13.2. The first kappa shape index (κ1) is 20.4. The zero-order chi connectivity index (χ0) is 17.0. The molecule has 0 radical (unpaired) electrons. The minimum absolute atomic E-state index is 0.